The molecule has 1 atom stereocenters. The van der Waals surface area contributed by atoms with Crippen molar-refractivity contribution >= 4 is 21.9 Å². The van der Waals surface area contributed by atoms with Gasteiger partial charge in [-0.05, 0) is 13.0 Å². The fourth-order valence-corrected chi connectivity index (χ4v) is 2.90. The molecule has 1 rings (SSSR count). The van der Waals surface area contributed by atoms with Crippen molar-refractivity contribution in [2.24, 2.45) is 7.05 Å². The molecule has 0 radical (unpaired) electrons. The second-order valence-electron chi connectivity index (χ2n) is 4.55. The Morgan fingerprint density at radius 1 is 1.40 bits per heavy atom. The minimum absolute atomic E-state index is 0.156. The van der Waals surface area contributed by atoms with Crippen molar-refractivity contribution in [2.45, 2.75) is 17.9 Å². The van der Waals surface area contributed by atoms with Crippen LogP contribution in [0.4, 0.5) is 0 Å². The summed E-state index contributed by atoms with van der Waals surface area (Å²) in [6.07, 6.45) is 1.18. The van der Waals surface area contributed by atoms with Crippen LogP contribution < -0.4 is 4.72 Å². The lowest BCUT2D eigenvalue weighted by Gasteiger charge is -2.17. The van der Waals surface area contributed by atoms with Gasteiger partial charge in [-0.1, -0.05) is 0 Å². The average molecular weight is 303 g/mol. The molecule has 8 nitrogen and oxygen atoms in total. The van der Waals surface area contributed by atoms with Crippen molar-refractivity contribution in [2.75, 3.05) is 14.1 Å². The zero-order chi connectivity index (χ0) is 15.7. The largest absolute Gasteiger partial charge is 0.477 e. The minimum Gasteiger partial charge on any atom is -0.477 e. The highest BCUT2D eigenvalue weighted by molar-refractivity contribution is 7.89. The first-order chi connectivity index (χ1) is 9.06. The summed E-state index contributed by atoms with van der Waals surface area (Å²) in [5.41, 5.74) is -0.156. The molecular weight excluding hydrogens is 286 g/mol. The van der Waals surface area contributed by atoms with Crippen LogP contribution in [0.3, 0.4) is 0 Å². The number of rotatable bonds is 5. The highest BCUT2D eigenvalue weighted by Gasteiger charge is 2.25. The number of nitrogens with zero attached hydrogens (tertiary/aromatic N) is 2. The molecule has 0 fully saturated rings. The molecule has 1 heterocycles. The van der Waals surface area contributed by atoms with Crippen LogP contribution >= 0.6 is 0 Å². The topological polar surface area (TPSA) is 109 Å². The van der Waals surface area contributed by atoms with Gasteiger partial charge in [-0.25, -0.2) is 13.2 Å². The number of hydrogen-bond acceptors (Lipinski definition) is 4. The molecule has 1 amide bonds. The number of aromatic nitrogens is 1. The van der Waals surface area contributed by atoms with E-state index in [4.69, 9.17) is 5.11 Å². The Balaban J connectivity index is 3.03. The lowest BCUT2D eigenvalue weighted by Crippen LogP contribution is -2.44. The molecule has 1 aromatic rings. The third-order valence-corrected chi connectivity index (χ3v) is 4.16. The second kappa shape index (κ2) is 5.63. The molecule has 20 heavy (non-hydrogen) atoms. The van der Waals surface area contributed by atoms with Gasteiger partial charge in [-0.15, -0.1) is 0 Å². The number of carbonyl (C=O) groups excluding carboxylic acids is 1. The van der Waals surface area contributed by atoms with Crippen LogP contribution in [0.2, 0.25) is 0 Å². The Hall–Kier alpha value is -1.87. The van der Waals surface area contributed by atoms with Gasteiger partial charge in [0.1, 0.15) is 10.6 Å². The van der Waals surface area contributed by atoms with Gasteiger partial charge < -0.3 is 14.6 Å². The maximum atomic E-state index is 12.1. The summed E-state index contributed by atoms with van der Waals surface area (Å²) in [6.45, 7) is 1.42. The number of sulfonamides is 1. The van der Waals surface area contributed by atoms with E-state index in [1.807, 2.05) is 0 Å². The van der Waals surface area contributed by atoms with Gasteiger partial charge in [0.15, 0.2) is 0 Å². The van der Waals surface area contributed by atoms with Gasteiger partial charge in [0.2, 0.25) is 15.9 Å². The second-order valence-corrected chi connectivity index (χ2v) is 6.27. The van der Waals surface area contributed by atoms with Crippen molar-refractivity contribution in [1.29, 1.82) is 0 Å². The fraction of sp³-hybridized carbons (Fsp3) is 0.455. The molecule has 1 unspecified atom stereocenters. The summed E-state index contributed by atoms with van der Waals surface area (Å²) in [6, 6.07) is 0.0980. The molecule has 0 saturated carbocycles. The maximum Gasteiger partial charge on any atom is 0.352 e. The molecule has 112 valence electrons. The lowest BCUT2D eigenvalue weighted by molar-refractivity contribution is -0.130. The number of amides is 1. The summed E-state index contributed by atoms with van der Waals surface area (Å²) < 4.78 is 27.5. The molecule has 2 N–H and O–H groups in total. The van der Waals surface area contributed by atoms with Gasteiger partial charge in [-0.2, -0.15) is 4.72 Å². The first-order valence-corrected chi connectivity index (χ1v) is 7.17. The number of nitrogens with one attached hydrogen (secondary N) is 1. The normalized spacial score (nSPS) is 13.0. The molecular formula is C11H17N3O5S. The van der Waals surface area contributed by atoms with Crippen LogP contribution in [0, 0.1) is 0 Å². The summed E-state index contributed by atoms with van der Waals surface area (Å²) >= 11 is 0. The van der Waals surface area contributed by atoms with Crippen molar-refractivity contribution < 1.29 is 23.1 Å². The molecule has 1 aromatic heterocycles. The first-order valence-electron chi connectivity index (χ1n) is 5.69. The number of carbonyl (C=O) groups is 2. The molecule has 0 aliphatic carbocycles. The zero-order valence-electron chi connectivity index (χ0n) is 11.6. The molecule has 0 aliphatic rings. The van der Waals surface area contributed by atoms with Crippen LogP contribution in [-0.2, 0) is 21.9 Å². The van der Waals surface area contributed by atoms with E-state index in [0.29, 0.717) is 0 Å². The number of carboxylic acid groups (broad SMARTS) is 1. The Morgan fingerprint density at radius 3 is 2.35 bits per heavy atom. The van der Waals surface area contributed by atoms with Gasteiger partial charge in [0.05, 0.1) is 6.04 Å². The van der Waals surface area contributed by atoms with E-state index in [0.717, 1.165) is 6.07 Å². The van der Waals surface area contributed by atoms with Gasteiger partial charge in [-0.3, -0.25) is 4.79 Å². The minimum atomic E-state index is -3.95. The number of aryl methyl sites for hydroxylation is 1. The third-order valence-electron chi connectivity index (χ3n) is 2.65. The Labute approximate surface area is 117 Å². The molecule has 9 heteroatoms. The van der Waals surface area contributed by atoms with Crippen LogP contribution in [0.15, 0.2) is 17.2 Å². The molecule has 0 saturated heterocycles. The van der Waals surface area contributed by atoms with Crippen LogP contribution in [-0.4, -0.2) is 55.0 Å². The average Bonchev–Trinajstić information content (AvgIpc) is 2.70. The van der Waals surface area contributed by atoms with Gasteiger partial charge in [0.25, 0.3) is 0 Å². The first kappa shape index (κ1) is 16.2. The smallest absolute Gasteiger partial charge is 0.352 e. The van der Waals surface area contributed by atoms with Crippen LogP contribution in [0.25, 0.3) is 0 Å². The molecule has 0 spiro atoms. The SMILES string of the molecule is CC(NS(=O)(=O)c1cc(C(=O)O)n(C)c1)C(=O)N(C)C. The highest BCUT2D eigenvalue weighted by atomic mass is 32.2. The Kier molecular flexibility index (Phi) is 4.56. The summed E-state index contributed by atoms with van der Waals surface area (Å²) in [5.74, 6) is -1.63. The van der Waals surface area contributed by atoms with E-state index in [-0.39, 0.29) is 10.6 Å². The molecule has 0 bridgehead atoms. The predicted molar refractivity (Wildman–Crippen MR) is 70.8 cm³/mol. The predicted octanol–water partition coefficient (Wildman–Crippen LogP) is -0.522. The van der Waals surface area contributed by atoms with E-state index in [1.165, 1.54) is 43.7 Å². The molecule has 0 aromatic carbocycles. The fourth-order valence-electron chi connectivity index (χ4n) is 1.63. The summed E-state index contributed by atoms with van der Waals surface area (Å²) in [7, 11) is 0.497. The summed E-state index contributed by atoms with van der Waals surface area (Å²) in [5, 5.41) is 8.89. The van der Waals surface area contributed by atoms with Crippen LogP contribution in [0.1, 0.15) is 17.4 Å². The van der Waals surface area contributed by atoms with E-state index in [1.54, 1.807) is 0 Å². The quantitative estimate of drug-likeness (QED) is 0.760. The standard InChI is InChI=1S/C11H17N3O5S/c1-7(10(15)13(2)3)12-20(18,19)8-5-9(11(16)17)14(4)6-8/h5-7,12H,1-4H3,(H,16,17). The van der Waals surface area contributed by atoms with E-state index >= 15 is 0 Å². The maximum absolute atomic E-state index is 12.1. The zero-order valence-corrected chi connectivity index (χ0v) is 12.4. The monoisotopic (exact) mass is 303 g/mol. The van der Waals surface area contributed by atoms with Gasteiger partial charge in [0, 0.05) is 27.3 Å². The highest BCUT2D eigenvalue weighted by Crippen LogP contribution is 2.14. The van der Waals surface area contributed by atoms with Crippen molar-refractivity contribution in [3.63, 3.8) is 0 Å². The van der Waals surface area contributed by atoms with Crippen molar-refractivity contribution in [1.82, 2.24) is 14.2 Å². The lowest BCUT2D eigenvalue weighted by atomic mass is 10.3. The van der Waals surface area contributed by atoms with Crippen LogP contribution in [0.5, 0.6) is 0 Å². The number of hydrogen-bond donors (Lipinski definition) is 2. The van der Waals surface area contributed by atoms with Crippen molar-refractivity contribution in [3.8, 4) is 0 Å². The van der Waals surface area contributed by atoms with E-state index < -0.39 is 27.9 Å². The molecule has 0 aliphatic heterocycles. The van der Waals surface area contributed by atoms with E-state index in [2.05, 4.69) is 4.72 Å². The van der Waals surface area contributed by atoms with Gasteiger partial charge >= 0.3 is 5.97 Å². The third kappa shape index (κ3) is 3.36. The van der Waals surface area contributed by atoms with Crippen molar-refractivity contribution in [3.05, 3.63) is 18.0 Å². The number of carboxylic acids is 1. The Bertz CT molecular complexity index is 632. The number of aromatic carboxylic acids is 1. The summed E-state index contributed by atoms with van der Waals surface area (Å²) in [4.78, 5) is 23.6. The van der Waals surface area contributed by atoms with E-state index in [9.17, 15) is 18.0 Å². The number of likely N-dealkylation sites (N-methyl/N-ethyl adjacent to an activating group) is 1. The Morgan fingerprint density at radius 2 is 1.95 bits per heavy atom.